The molecule has 0 unspecified atom stereocenters. The van der Waals surface area contributed by atoms with E-state index < -0.39 is 6.36 Å². The lowest BCUT2D eigenvalue weighted by atomic mass is 10.1. The first kappa shape index (κ1) is 19.2. The molecular weight excluding hydrogens is 361 g/mol. The van der Waals surface area contributed by atoms with Crippen LogP contribution < -0.4 is 5.32 Å². The molecule has 1 aromatic carbocycles. The predicted molar refractivity (Wildman–Crippen MR) is 87.1 cm³/mol. The molecule has 2 aromatic rings. The summed E-state index contributed by atoms with van der Waals surface area (Å²) < 4.78 is 29.7. The fourth-order valence-corrected chi connectivity index (χ4v) is 2.39. The summed E-state index contributed by atoms with van der Waals surface area (Å²) in [6, 6.07) is 5.14. The van der Waals surface area contributed by atoms with Crippen LogP contribution >= 0.6 is 11.6 Å². The zero-order valence-electron chi connectivity index (χ0n) is 13.2. The lowest BCUT2D eigenvalue weighted by Crippen LogP contribution is -2.48. The van der Waals surface area contributed by atoms with Crippen LogP contribution in [0.15, 0.2) is 24.5 Å². The molecule has 1 aliphatic heterocycles. The molecule has 2 N–H and O–H groups in total. The molecule has 0 saturated carbocycles. The van der Waals surface area contributed by atoms with E-state index >= 15 is 0 Å². The summed E-state index contributed by atoms with van der Waals surface area (Å²) in [5.74, 6) is 0.769. The van der Waals surface area contributed by atoms with Crippen LogP contribution in [0.5, 0.6) is 0 Å². The molecule has 6 nitrogen and oxygen atoms in total. The van der Waals surface area contributed by atoms with E-state index in [2.05, 4.69) is 15.3 Å². The second-order valence-electron chi connectivity index (χ2n) is 5.40. The Hall–Kier alpha value is -2.13. The molecule has 136 valence electrons. The highest BCUT2D eigenvalue weighted by Gasteiger charge is 2.25. The molecule has 2 heterocycles. The van der Waals surface area contributed by atoms with Gasteiger partial charge in [0.1, 0.15) is 18.2 Å². The smallest absolute Gasteiger partial charge is 0.358 e. The SMILES string of the molecule is C[C@@H](Nc1ncnc2cc(Cl)ccc12)C(=O)N1CCC1.OC(F)(F)F. The fourth-order valence-electron chi connectivity index (χ4n) is 2.22. The van der Waals surface area contributed by atoms with Crippen LogP contribution in [0.2, 0.25) is 5.02 Å². The quantitative estimate of drug-likeness (QED) is 0.861. The van der Waals surface area contributed by atoms with Crippen LogP contribution in [0, 0.1) is 0 Å². The lowest BCUT2D eigenvalue weighted by molar-refractivity contribution is -0.295. The van der Waals surface area contributed by atoms with Crippen molar-refractivity contribution in [1.82, 2.24) is 14.9 Å². The van der Waals surface area contributed by atoms with Crippen molar-refractivity contribution in [3.8, 4) is 0 Å². The zero-order chi connectivity index (χ0) is 18.6. The molecule has 1 amide bonds. The van der Waals surface area contributed by atoms with Gasteiger partial charge >= 0.3 is 6.36 Å². The highest BCUT2D eigenvalue weighted by Crippen LogP contribution is 2.23. The van der Waals surface area contributed by atoms with E-state index in [-0.39, 0.29) is 11.9 Å². The Balaban J connectivity index is 0.000000399. The van der Waals surface area contributed by atoms with Crippen molar-refractivity contribution in [1.29, 1.82) is 0 Å². The number of carbonyl (C=O) groups excluding carboxylic acids is 1. The molecular formula is C15H16ClF3N4O2. The first-order valence-corrected chi connectivity index (χ1v) is 7.77. The number of alkyl halides is 3. The van der Waals surface area contributed by atoms with Gasteiger partial charge < -0.3 is 15.3 Å². The van der Waals surface area contributed by atoms with E-state index in [9.17, 15) is 18.0 Å². The number of hydrogen-bond donors (Lipinski definition) is 2. The Morgan fingerprint density at radius 2 is 2.00 bits per heavy atom. The zero-order valence-corrected chi connectivity index (χ0v) is 14.0. The van der Waals surface area contributed by atoms with Crippen molar-refractivity contribution in [2.24, 2.45) is 0 Å². The molecule has 1 fully saturated rings. The predicted octanol–water partition coefficient (Wildman–Crippen LogP) is 2.81. The number of nitrogens with one attached hydrogen (secondary N) is 1. The third kappa shape index (κ3) is 5.71. The van der Waals surface area contributed by atoms with Gasteiger partial charge in [0.15, 0.2) is 0 Å². The number of aliphatic hydroxyl groups is 1. The number of hydrogen-bond acceptors (Lipinski definition) is 5. The van der Waals surface area contributed by atoms with Crippen molar-refractivity contribution in [3.63, 3.8) is 0 Å². The standard InChI is InChI=1S/C14H15ClN4O.CHF3O/c1-9(14(20)19-5-2-6-19)18-13-11-4-3-10(15)7-12(11)16-8-17-13;2-1(3,4)5/h3-4,7-9H,2,5-6H2,1H3,(H,16,17,18);5H/t9-;/m1./s1. The van der Waals surface area contributed by atoms with Crippen LogP contribution in [0.1, 0.15) is 13.3 Å². The van der Waals surface area contributed by atoms with Crippen LogP contribution in [-0.4, -0.2) is 51.4 Å². The Bertz CT molecular complexity index is 747. The third-order valence-corrected chi connectivity index (χ3v) is 3.73. The highest BCUT2D eigenvalue weighted by molar-refractivity contribution is 6.31. The number of halogens is 4. The minimum absolute atomic E-state index is 0.108. The number of benzene rings is 1. The topological polar surface area (TPSA) is 78.4 Å². The van der Waals surface area contributed by atoms with E-state index in [1.165, 1.54) is 6.33 Å². The summed E-state index contributed by atoms with van der Waals surface area (Å²) in [7, 11) is 0. The normalized spacial score (nSPS) is 15.0. The van der Waals surface area contributed by atoms with E-state index in [0.29, 0.717) is 10.8 Å². The van der Waals surface area contributed by atoms with Crippen molar-refractivity contribution in [3.05, 3.63) is 29.5 Å². The minimum atomic E-state index is -5.00. The van der Waals surface area contributed by atoms with E-state index in [4.69, 9.17) is 16.7 Å². The van der Waals surface area contributed by atoms with Crippen molar-refractivity contribution in [2.75, 3.05) is 18.4 Å². The summed E-state index contributed by atoms with van der Waals surface area (Å²) in [6.07, 6.45) is -2.44. The van der Waals surface area contributed by atoms with Crippen molar-refractivity contribution >= 4 is 34.2 Å². The second kappa shape index (κ2) is 7.83. The van der Waals surface area contributed by atoms with Crippen molar-refractivity contribution in [2.45, 2.75) is 25.7 Å². The van der Waals surface area contributed by atoms with Gasteiger partial charge in [-0.2, -0.15) is 0 Å². The van der Waals surface area contributed by atoms with Gasteiger partial charge in [-0.05, 0) is 31.5 Å². The summed E-state index contributed by atoms with van der Waals surface area (Å²) in [5.41, 5.74) is 0.763. The maximum absolute atomic E-state index is 12.1. The van der Waals surface area contributed by atoms with Gasteiger partial charge in [0, 0.05) is 23.5 Å². The largest absolute Gasteiger partial charge is 0.519 e. The molecule has 1 saturated heterocycles. The molecule has 1 aliphatic rings. The summed E-state index contributed by atoms with van der Waals surface area (Å²) in [5, 5.41) is 11.2. The van der Waals surface area contributed by atoms with E-state index in [1.807, 2.05) is 17.9 Å². The maximum atomic E-state index is 12.1. The molecule has 3 rings (SSSR count). The molecule has 1 aromatic heterocycles. The Labute approximate surface area is 146 Å². The average molecular weight is 377 g/mol. The Morgan fingerprint density at radius 3 is 2.56 bits per heavy atom. The number of nitrogens with zero attached hydrogens (tertiary/aromatic N) is 3. The second-order valence-corrected chi connectivity index (χ2v) is 5.83. The van der Waals surface area contributed by atoms with Crippen LogP contribution in [0.4, 0.5) is 19.0 Å². The Morgan fingerprint density at radius 1 is 1.36 bits per heavy atom. The summed E-state index contributed by atoms with van der Waals surface area (Å²) in [6.45, 7) is 3.56. The maximum Gasteiger partial charge on any atom is 0.519 e. The molecule has 0 radical (unpaired) electrons. The highest BCUT2D eigenvalue weighted by atomic mass is 35.5. The number of fused-ring (bicyclic) bond motifs is 1. The fraction of sp³-hybridized carbons (Fsp3) is 0.400. The third-order valence-electron chi connectivity index (χ3n) is 3.49. The first-order chi connectivity index (χ1) is 11.6. The summed E-state index contributed by atoms with van der Waals surface area (Å²) >= 11 is 5.95. The number of carbonyl (C=O) groups is 1. The van der Waals surface area contributed by atoms with Gasteiger partial charge in [-0.3, -0.25) is 4.79 Å². The van der Waals surface area contributed by atoms with Gasteiger partial charge in [-0.1, -0.05) is 11.6 Å². The number of rotatable bonds is 3. The molecule has 10 heteroatoms. The number of amides is 1. The van der Waals surface area contributed by atoms with Gasteiger partial charge in [-0.25, -0.2) is 9.97 Å². The van der Waals surface area contributed by atoms with Gasteiger partial charge in [0.05, 0.1) is 5.52 Å². The minimum Gasteiger partial charge on any atom is -0.358 e. The van der Waals surface area contributed by atoms with Gasteiger partial charge in [-0.15, -0.1) is 13.2 Å². The Kier molecular flexibility index (Phi) is 6.02. The molecule has 0 spiro atoms. The van der Waals surface area contributed by atoms with Crippen LogP contribution in [0.25, 0.3) is 10.9 Å². The summed E-state index contributed by atoms with van der Waals surface area (Å²) in [4.78, 5) is 22.4. The molecule has 25 heavy (non-hydrogen) atoms. The van der Waals surface area contributed by atoms with E-state index in [1.54, 1.807) is 12.1 Å². The first-order valence-electron chi connectivity index (χ1n) is 7.40. The lowest BCUT2D eigenvalue weighted by Gasteiger charge is -2.33. The van der Waals surface area contributed by atoms with Crippen molar-refractivity contribution < 1.29 is 23.1 Å². The van der Waals surface area contributed by atoms with Gasteiger partial charge in [0.2, 0.25) is 5.91 Å². The monoisotopic (exact) mass is 376 g/mol. The van der Waals surface area contributed by atoms with Crippen LogP contribution in [-0.2, 0) is 4.79 Å². The van der Waals surface area contributed by atoms with Gasteiger partial charge in [0.25, 0.3) is 0 Å². The van der Waals surface area contributed by atoms with Crippen LogP contribution in [0.3, 0.4) is 0 Å². The molecule has 0 aliphatic carbocycles. The average Bonchev–Trinajstić information content (AvgIpc) is 2.43. The number of anilines is 1. The molecule has 1 atom stereocenters. The van der Waals surface area contributed by atoms with E-state index in [0.717, 1.165) is 30.4 Å². The number of likely N-dealkylation sites (tertiary alicyclic amines) is 1. The molecule has 0 bridgehead atoms. The number of aromatic nitrogens is 2.